The molecule has 0 aliphatic carbocycles. The van der Waals surface area contributed by atoms with E-state index >= 15 is 0 Å². The summed E-state index contributed by atoms with van der Waals surface area (Å²) in [5.41, 5.74) is 5.91. The second-order valence-corrected chi connectivity index (χ2v) is 4.48. The molecule has 1 atom stereocenters. The Morgan fingerprint density at radius 1 is 1.56 bits per heavy atom. The van der Waals surface area contributed by atoms with Crippen LogP contribution in [0, 0.1) is 11.7 Å². The van der Waals surface area contributed by atoms with Crippen molar-refractivity contribution in [3.8, 4) is 0 Å². The van der Waals surface area contributed by atoms with Crippen LogP contribution in [0.5, 0.6) is 0 Å². The number of hydrogen-bond donors (Lipinski definition) is 2. The lowest BCUT2D eigenvalue weighted by atomic mass is 10.1. The van der Waals surface area contributed by atoms with Crippen molar-refractivity contribution < 1.29 is 19.1 Å². The number of nitrogens with two attached hydrogens (primary N) is 1. The first-order valence-electron chi connectivity index (χ1n) is 5.18. The number of benzene rings is 1. The highest BCUT2D eigenvalue weighted by molar-refractivity contribution is 6.31. The molecule has 2 rings (SSSR count). The van der Waals surface area contributed by atoms with Crippen molar-refractivity contribution >= 4 is 34.9 Å². The summed E-state index contributed by atoms with van der Waals surface area (Å²) in [5.74, 6) is -2.87. The molecule has 0 spiro atoms. The summed E-state index contributed by atoms with van der Waals surface area (Å²) in [6.45, 7) is 0.0142. The zero-order valence-corrected chi connectivity index (χ0v) is 9.95. The van der Waals surface area contributed by atoms with Crippen LogP contribution in [0.3, 0.4) is 0 Å². The molecule has 1 amide bonds. The van der Waals surface area contributed by atoms with Crippen LogP contribution in [0.2, 0.25) is 5.02 Å². The van der Waals surface area contributed by atoms with E-state index in [1.54, 1.807) is 0 Å². The van der Waals surface area contributed by atoms with E-state index in [0.717, 1.165) is 6.07 Å². The van der Waals surface area contributed by atoms with Crippen LogP contribution in [0.25, 0.3) is 0 Å². The minimum atomic E-state index is -1.04. The number of carboxylic acid groups (broad SMARTS) is 1. The van der Waals surface area contributed by atoms with Crippen LogP contribution in [0.15, 0.2) is 12.1 Å². The van der Waals surface area contributed by atoms with E-state index in [0.29, 0.717) is 0 Å². The van der Waals surface area contributed by atoms with Crippen molar-refractivity contribution in [1.82, 2.24) is 0 Å². The Hall–Kier alpha value is -1.82. The molecule has 1 aliphatic heterocycles. The van der Waals surface area contributed by atoms with Gasteiger partial charge >= 0.3 is 5.97 Å². The minimum absolute atomic E-state index is 0.0142. The Balaban J connectivity index is 2.35. The topological polar surface area (TPSA) is 83.6 Å². The summed E-state index contributed by atoms with van der Waals surface area (Å²) < 4.78 is 13.1. The third-order valence-corrected chi connectivity index (χ3v) is 3.12. The Labute approximate surface area is 107 Å². The summed E-state index contributed by atoms with van der Waals surface area (Å²) in [6, 6.07) is 2.24. The number of anilines is 2. The molecule has 1 aromatic carbocycles. The fraction of sp³-hybridized carbons (Fsp3) is 0.273. The molecule has 1 fully saturated rings. The zero-order chi connectivity index (χ0) is 13.4. The van der Waals surface area contributed by atoms with E-state index in [1.165, 1.54) is 11.0 Å². The van der Waals surface area contributed by atoms with Gasteiger partial charge in [-0.15, -0.1) is 0 Å². The molecule has 1 aliphatic rings. The number of carbonyl (C=O) groups is 2. The average molecular weight is 273 g/mol. The van der Waals surface area contributed by atoms with Gasteiger partial charge < -0.3 is 15.7 Å². The Kier molecular flexibility index (Phi) is 3.13. The highest BCUT2D eigenvalue weighted by Gasteiger charge is 2.36. The second-order valence-electron chi connectivity index (χ2n) is 4.07. The predicted octanol–water partition coefficient (Wildman–Crippen LogP) is 1.50. The number of rotatable bonds is 2. The number of carboxylic acids is 1. The molecule has 0 aromatic heterocycles. The van der Waals surface area contributed by atoms with Gasteiger partial charge in [-0.05, 0) is 6.07 Å². The highest BCUT2D eigenvalue weighted by atomic mass is 35.5. The van der Waals surface area contributed by atoms with Crippen molar-refractivity contribution in [2.75, 3.05) is 17.2 Å². The number of halogens is 2. The molecule has 1 aromatic rings. The smallest absolute Gasteiger partial charge is 0.308 e. The molecule has 1 saturated heterocycles. The van der Waals surface area contributed by atoms with Crippen molar-refractivity contribution in [3.05, 3.63) is 23.0 Å². The second kappa shape index (κ2) is 4.45. The number of amides is 1. The van der Waals surface area contributed by atoms with Crippen LogP contribution in [0.1, 0.15) is 6.42 Å². The summed E-state index contributed by atoms with van der Waals surface area (Å²) >= 11 is 5.63. The fourth-order valence-electron chi connectivity index (χ4n) is 1.89. The highest BCUT2D eigenvalue weighted by Crippen LogP contribution is 2.33. The molecule has 7 heteroatoms. The largest absolute Gasteiger partial charge is 0.481 e. The van der Waals surface area contributed by atoms with Gasteiger partial charge in [-0.2, -0.15) is 0 Å². The van der Waals surface area contributed by atoms with Gasteiger partial charge in [0.05, 0.1) is 22.3 Å². The number of nitrogen functional groups attached to an aromatic ring is 1. The first-order chi connectivity index (χ1) is 8.40. The maximum Gasteiger partial charge on any atom is 0.308 e. The first kappa shape index (κ1) is 12.6. The van der Waals surface area contributed by atoms with Crippen LogP contribution in [-0.2, 0) is 9.59 Å². The van der Waals surface area contributed by atoms with Crippen LogP contribution >= 0.6 is 11.6 Å². The van der Waals surface area contributed by atoms with E-state index in [-0.39, 0.29) is 35.3 Å². The van der Waals surface area contributed by atoms with E-state index in [1.807, 2.05) is 0 Å². The van der Waals surface area contributed by atoms with Gasteiger partial charge in [0.1, 0.15) is 5.82 Å². The number of nitrogens with zero attached hydrogens (tertiary/aromatic N) is 1. The molecule has 5 nitrogen and oxygen atoms in total. The molecule has 0 bridgehead atoms. The van der Waals surface area contributed by atoms with E-state index in [2.05, 4.69) is 0 Å². The van der Waals surface area contributed by atoms with Gasteiger partial charge in [0, 0.05) is 19.0 Å². The quantitative estimate of drug-likeness (QED) is 0.799. The molecular formula is C11H10ClFN2O3. The number of carbonyl (C=O) groups excluding carboxylic acids is 1. The first-order valence-corrected chi connectivity index (χ1v) is 5.55. The molecule has 18 heavy (non-hydrogen) atoms. The summed E-state index contributed by atoms with van der Waals surface area (Å²) in [4.78, 5) is 23.8. The molecule has 3 N–H and O–H groups in total. The Morgan fingerprint density at radius 3 is 2.78 bits per heavy atom. The van der Waals surface area contributed by atoms with Crippen LogP contribution < -0.4 is 10.6 Å². The maximum absolute atomic E-state index is 13.1. The molecule has 1 unspecified atom stereocenters. The molecule has 1 heterocycles. The maximum atomic E-state index is 13.1. The summed E-state index contributed by atoms with van der Waals surface area (Å²) in [6.07, 6.45) is -0.0935. The monoisotopic (exact) mass is 272 g/mol. The standard InChI is InChI=1S/C11H10ClFN2O3/c12-6-2-9(8(14)3-7(6)13)15-4-5(11(17)18)1-10(15)16/h2-3,5H,1,4,14H2,(H,17,18). The third-order valence-electron chi connectivity index (χ3n) is 2.83. The van der Waals surface area contributed by atoms with Crippen molar-refractivity contribution in [2.45, 2.75) is 6.42 Å². The Morgan fingerprint density at radius 2 is 2.22 bits per heavy atom. The van der Waals surface area contributed by atoms with Gasteiger partial charge in [-0.1, -0.05) is 11.6 Å². The lowest BCUT2D eigenvalue weighted by Gasteiger charge is -2.18. The van der Waals surface area contributed by atoms with Gasteiger partial charge in [0.25, 0.3) is 0 Å². The van der Waals surface area contributed by atoms with E-state index in [4.69, 9.17) is 22.4 Å². The average Bonchev–Trinajstić information content (AvgIpc) is 2.66. The van der Waals surface area contributed by atoms with E-state index in [9.17, 15) is 14.0 Å². The normalized spacial score (nSPS) is 19.3. The summed E-state index contributed by atoms with van der Waals surface area (Å²) in [5, 5.41) is 8.71. The molecule has 0 radical (unpaired) electrons. The third kappa shape index (κ3) is 2.11. The van der Waals surface area contributed by atoms with Crippen LogP contribution in [0.4, 0.5) is 15.8 Å². The molecule has 0 saturated carbocycles. The number of hydrogen-bond acceptors (Lipinski definition) is 3. The van der Waals surface area contributed by atoms with Crippen molar-refractivity contribution in [2.24, 2.45) is 5.92 Å². The Bertz CT molecular complexity index is 535. The predicted molar refractivity (Wildman–Crippen MR) is 63.9 cm³/mol. The van der Waals surface area contributed by atoms with Gasteiger partial charge in [0.2, 0.25) is 5.91 Å². The minimum Gasteiger partial charge on any atom is -0.481 e. The molecular weight excluding hydrogens is 263 g/mol. The van der Waals surface area contributed by atoms with Crippen LogP contribution in [-0.4, -0.2) is 23.5 Å². The van der Waals surface area contributed by atoms with Crippen molar-refractivity contribution in [1.29, 1.82) is 0 Å². The summed E-state index contributed by atoms with van der Waals surface area (Å²) in [7, 11) is 0. The van der Waals surface area contributed by atoms with Gasteiger partial charge in [-0.25, -0.2) is 4.39 Å². The van der Waals surface area contributed by atoms with Gasteiger partial charge in [-0.3, -0.25) is 9.59 Å². The zero-order valence-electron chi connectivity index (χ0n) is 9.19. The fourth-order valence-corrected chi connectivity index (χ4v) is 2.05. The van der Waals surface area contributed by atoms with Crippen molar-refractivity contribution in [3.63, 3.8) is 0 Å². The lowest BCUT2D eigenvalue weighted by molar-refractivity contribution is -0.141. The SMILES string of the molecule is Nc1cc(F)c(Cl)cc1N1CC(C(=O)O)CC1=O. The van der Waals surface area contributed by atoms with Gasteiger partial charge in [0.15, 0.2) is 0 Å². The number of aliphatic carboxylic acids is 1. The lowest BCUT2D eigenvalue weighted by Crippen LogP contribution is -2.26. The molecule has 96 valence electrons. The van der Waals surface area contributed by atoms with E-state index < -0.39 is 17.7 Å².